The van der Waals surface area contributed by atoms with Gasteiger partial charge in [-0.15, -0.1) is 0 Å². The van der Waals surface area contributed by atoms with E-state index < -0.39 is 0 Å². The highest BCUT2D eigenvalue weighted by atomic mass is 16.1. The van der Waals surface area contributed by atoms with Crippen LogP contribution in [-0.4, -0.2) is 43.0 Å². The molecule has 2 aromatic rings. The number of nitrogens with one attached hydrogen (secondary N) is 2. The molecule has 1 aromatic carbocycles. The quantitative estimate of drug-likeness (QED) is 0.836. The van der Waals surface area contributed by atoms with E-state index in [2.05, 4.69) is 22.4 Å². The molecule has 18 heavy (non-hydrogen) atoms. The molecule has 0 saturated carbocycles. The van der Waals surface area contributed by atoms with Crippen molar-refractivity contribution in [2.45, 2.75) is 6.42 Å². The van der Waals surface area contributed by atoms with Gasteiger partial charge in [0.15, 0.2) is 0 Å². The molecule has 96 valence electrons. The van der Waals surface area contributed by atoms with Gasteiger partial charge in [-0.3, -0.25) is 4.79 Å². The van der Waals surface area contributed by atoms with Crippen molar-refractivity contribution in [2.75, 3.05) is 27.2 Å². The van der Waals surface area contributed by atoms with Gasteiger partial charge in [0.2, 0.25) is 5.91 Å². The van der Waals surface area contributed by atoms with Gasteiger partial charge in [-0.25, -0.2) is 0 Å². The molecule has 1 aromatic heterocycles. The minimum absolute atomic E-state index is 0.0693. The third-order valence-electron chi connectivity index (χ3n) is 2.85. The maximum atomic E-state index is 11.5. The van der Waals surface area contributed by atoms with E-state index in [4.69, 9.17) is 0 Å². The lowest BCUT2D eigenvalue weighted by Crippen LogP contribution is -2.34. The third-order valence-corrected chi connectivity index (χ3v) is 2.85. The van der Waals surface area contributed by atoms with Crippen LogP contribution < -0.4 is 5.32 Å². The molecule has 0 aliphatic rings. The molecular formula is C14H19N3O. The topological polar surface area (TPSA) is 48.1 Å². The number of H-pyrrole nitrogens is 1. The van der Waals surface area contributed by atoms with Crippen LogP contribution in [0.15, 0.2) is 30.5 Å². The predicted octanol–water partition coefficient (Wildman–Crippen LogP) is 1.39. The molecule has 0 spiro atoms. The average molecular weight is 245 g/mol. The van der Waals surface area contributed by atoms with Gasteiger partial charge in [-0.1, -0.05) is 18.2 Å². The molecule has 1 heterocycles. The van der Waals surface area contributed by atoms with E-state index in [1.54, 1.807) is 0 Å². The van der Waals surface area contributed by atoms with Crippen LogP contribution >= 0.6 is 0 Å². The lowest BCUT2D eigenvalue weighted by molar-refractivity contribution is -0.121. The van der Waals surface area contributed by atoms with Crippen molar-refractivity contribution in [3.05, 3.63) is 36.0 Å². The number of benzene rings is 1. The first kappa shape index (κ1) is 12.6. The highest BCUT2D eigenvalue weighted by molar-refractivity contribution is 5.83. The van der Waals surface area contributed by atoms with Gasteiger partial charge < -0.3 is 15.2 Å². The number of hydrogen-bond donors (Lipinski definition) is 2. The number of aromatic nitrogens is 1. The van der Waals surface area contributed by atoms with Crippen molar-refractivity contribution in [1.29, 1.82) is 0 Å². The maximum Gasteiger partial charge on any atom is 0.234 e. The monoisotopic (exact) mass is 245 g/mol. The number of rotatable bonds is 5. The van der Waals surface area contributed by atoms with Crippen LogP contribution in [0.1, 0.15) is 5.56 Å². The highest BCUT2D eigenvalue weighted by Crippen LogP contribution is 2.17. The van der Waals surface area contributed by atoms with Crippen LogP contribution in [0, 0.1) is 0 Å². The average Bonchev–Trinajstić information content (AvgIpc) is 2.72. The molecule has 0 radical (unpaired) electrons. The highest BCUT2D eigenvalue weighted by Gasteiger charge is 2.05. The number of likely N-dealkylation sites (N-methyl/N-ethyl adjacent to an activating group) is 1. The summed E-state index contributed by atoms with van der Waals surface area (Å²) >= 11 is 0. The fraction of sp³-hybridized carbons (Fsp3) is 0.357. The number of nitrogens with zero attached hydrogens (tertiary/aromatic N) is 1. The lowest BCUT2D eigenvalue weighted by Gasteiger charge is -2.09. The molecule has 4 nitrogen and oxygen atoms in total. The van der Waals surface area contributed by atoms with Gasteiger partial charge in [0.05, 0.1) is 6.54 Å². The summed E-state index contributed by atoms with van der Waals surface area (Å²) in [6.07, 6.45) is 2.87. The summed E-state index contributed by atoms with van der Waals surface area (Å²) in [6.45, 7) is 1.11. The smallest absolute Gasteiger partial charge is 0.234 e. The van der Waals surface area contributed by atoms with E-state index in [0.29, 0.717) is 13.1 Å². The molecule has 1 amide bonds. The standard InChI is InChI=1S/C14H19N3O/c1-17(2)10-14(18)15-8-7-11-9-16-13-6-4-3-5-12(11)13/h3-6,9,16H,7-8,10H2,1-2H3,(H,15,18). The van der Waals surface area contributed by atoms with Crippen molar-refractivity contribution in [3.63, 3.8) is 0 Å². The van der Waals surface area contributed by atoms with Crippen LogP contribution in [0.2, 0.25) is 0 Å². The Morgan fingerprint density at radius 1 is 1.33 bits per heavy atom. The van der Waals surface area contributed by atoms with Gasteiger partial charge in [-0.2, -0.15) is 0 Å². The van der Waals surface area contributed by atoms with Gasteiger partial charge in [0.25, 0.3) is 0 Å². The molecule has 0 atom stereocenters. The van der Waals surface area contributed by atoms with E-state index in [-0.39, 0.29) is 5.91 Å². The fourth-order valence-electron chi connectivity index (χ4n) is 2.02. The van der Waals surface area contributed by atoms with Gasteiger partial charge in [0, 0.05) is 23.6 Å². The summed E-state index contributed by atoms with van der Waals surface area (Å²) < 4.78 is 0. The molecule has 0 aliphatic heterocycles. The van der Waals surface area contributed by atoms with Gasteiger partial charge in [-0.05, 0) is 32.1 Å². The Morgan fingerprint density at radius 2 is 2.11 bits per heavy atom. The zero-order chi connectivity index (χ0) is 13.0. The fourth-order valence-corrected chi connectivity index (χ4v) is 2.02. The molecule has 0 aliphatic carbocycles. The minimum atomic E-state index is 0.0693. The van der Waals surface area contributed by atoms with Crippen LogP contribution in [0.3, 0.4) is 0 Å². The summed E-state index contributed by atoms with van der Waals surface area (Å²) in [6, 6.07) is 8.21. The molecular weight excluding hydrogens is 226 g/mol. The van der Waals surface area contributed by atoms with E-state index in [1.165, 1.54) is 10.9 Å². The van der Waals surface area contributed by atoms with Gasteiger partial charge >= 0.3 is 0 Å². The van der Waals surface area contributed by atoms with Crippen LogP contribution in [0.5, 0.6) is 0 Å². The Morgan fingerprint density at radius 3 is 2.89 bits per heavy atom. The Balaban J connectivity index is 1.89. The minimum Gasteiger partial charge on any atom is -0.361 e. The van der Waals surface area contributed by atoms with Crippen molar-refractivity contribution in [1.82, 2.24) is 15.2 Å². The third kappa shape index (κ3) is 3.11. The normalized spacial score (nSPS) is 11.1. The van der Waals surface area contributed by atoms with Gasteiger partial charge in [0.1, 0.15) is 0 Å². The zero-order valence-electron chi connectivity index (χ0n) is 10.9. The Hall–Kier alpha value is -1.81. The first-order valence-electron chi connectivity index (χ1n) is 6.13. The van der Waals surface area contributed by atoms with Crippen LogP contribution in [-0.2, 0) is 11.2 Å². The lowest BCUT2D eigenvalue weighted by atomic mass is 10.1. The summed E-state index contributed by atoms with van der Waals surface area (Å²) in [5, 5.41) is 4.16. The second-order valence-electron chi connectivity index (χ2n) is 4.70. The van der Waals surface area contributed by atoms with Crippen LogP contribution in [0.4, 0.5) is 0 Å². The number of aromatic amines is 1. The Kier molecular flexibility index (Phi) is 3.99. The predicted molar refractivity (Wildman–Crippen MR) is 73.6 cm³/mol. The summed E-state index contributed by atoms with van der Waals surface area (Å²) in [4.78, 5) is 16.6. The van der Waals surface area contributed by atoms with Crippen molar-refractivity contribution >= 4 is 16.8 Å². The van der Waals surface area contributed by atoms with E-state index in [1.807, 2.05) is 37.3 Å². The van der Waals surface area contributed by atoms with E-state index in [0.717, 1.165) is 11.9 Å². The number of carbonyl (C=O) groups is 1. The number of para-hydroxylation sites is 1. The molecule has 0 fully saturated rings. The number of fused-ring (bicyclic) bond motifs is 1. The Bertz CT molecular complexity index is 531. The molecule has 2 N–H and O–H groups in total. The summed E-state index contributed by atoms with van der Waals surface area (Å²) in [7, 11) is 3.78. The summed E-state index contributed by atoms with van der Waals surface area (Å²) in [5.74, 6) is 0.0693. The first-order chi connectivity index (χ1) is 8.66. The molecule has 2 rings (SSSR count). The second kappa shape index (κ2) is 5.69. The van der Waals surface area contributed by atoms with Crippen LogP contribution in [0.25, 0.3) is 10.9 Å². The molecule has 0 bridgehead atoms. The first-order valence-corrected chi connectivity index (χ1v) is 6.13. The number of amides is 1. The second-order valence-corrected chi connectivity index (χ2v) is 4.70. The largest absolute Gasteiger partial charge is 0.361 e. The maximum absolute atomic E-state index is 11.5. The molecule has 0 saturated heterocycles. The summed E-state index contributed by atoms with van der Waals surface area (Å²) in [5.41, 5.74) is 2.39. The zero-order valence-corrected chi connectivity index (χ0v) is 10.9. The molecule has 4 heteroatoms. The SMILES string of the molecule is CN(C)CC(=O)NCCc1c[nH]c2ccccc12. The van der Waals surface area contributed by atoms with E-state index in [9.17, 15) is 4.79 Å². The number of hydrogen-bond acceptors (Lipinski definition) is 2. The number of carbonyl (C=O) groups excluding carboxylic acids is 1. The Labute approximate surface area is 107 Å². The van der Waals surface area contributed by atoms with Crippen molar-refractivity contribution < 1.29 is 4.79 Å². The van der Waals surface area contributed by atoms with Crippen molar-refractivity contribution in [3.8, 4) is 0 Å². The van der Waals surface area contributed by atoms with Crippen molar-refractivity contribution in [2.24, 2.45) is 0 Å². The molecule has 0 unspecified atom stereocenters. The van der Waals surface area contributed by atoms with E-state index >= 15 is 0 Å².